The van der Waals surface area contributed by atoms with Crippen LogP contribution < -0.4 is 15.4 Å². The third-order valence-electron chi connectivity index (χ3n) is 6.63. The zero-order chi connectivity index (χ0) is 26.5. The van der Waals surface area contributed by atoms with Crippen molar-refractivity contribution < 1.29 is 14.3 Å². The van der Waals surface area contributed by atoms with Crippen molar-refractivity contribution in [2.75, 3.05) is 18.5 Å². The van der Waals surface area contributed by atoms with Crippen molar-refractivity contribution in [1.82, 2.24) is 25.5 Å². The van der Waals surface area contributed by atoms with Crippen LogP contribution >= 0.6 is 0 Å². The average Bonchev–Trinajstić information content (AvgIpc) is 3.47. The summed E-state index contributed by atoms with van der Waals surface area (Å²) in [5.41, 5.74) is 5.47. The van der Waals surface area contributed by atoms with Gasteiger partial charge in [-0.15, -0.1) is 0 Å². The SMILES string of the molecule is CCC(C)(C)NC(=O)COc1cccc(-c2nc3c(c(Nc4ccc(-c5cn[nH]c5)cc4)n2)COCC3)c1. The highest BCUT2D eigenvalue weighted by Gasteiger charge is 2.20. The zero-order valence-corrected chi connectivity index (χ0v) is 21.9. The molecule has 0 bridgehead atoms. The van der Waals surface area contributed by atoms with E-state index in [9.17, 15) is 4.79 Å². The molecule has 0 saturated heterocycles. The quantitative estimate of drug-likeness (QED) is 0.288. The van der Waals surface area contributed by atoms with E-state index in [2.05, 4.69) is 20.8 Å². The van der Waals surface area contributed by atoms with Crippen molar-refractivity contribution >= 4 is 17.4 Å². The van der Waals surface area contributed by atoms with Gasteiger partial charge in [0.05, 0.1) is 25.1 Å². The number of carbonyl (C=O) groups is 1. The Hall–Kier alpha value is -4.24. The Labute approximate surface area is 222 Å². The van der Waals surface area contributed by atoms with Crippen LogP contribution in [0.15, 0.2) is 60.9 Å². The number of anilines is 2. The van der Waals surface area contributed by atoms with Gasteiger partial charge in [-0.2, -0.15) is 5.10 Å². The van der Waals surface area contributed by atoms with E-state index >= 15 is 0 Å². The molecule has 2 aromatic heterocycles. The third kappa shape index (κ3) is 6.00. The fourth-order valence-corrected chi connectivity index (χ4v) is 4.13. The molecule has 0 aliphatic carbocycles. The third-order valence-corrected chi connectivity index (χ3v) is 6.63. The molecule has 0 unspecified atom stereocenters. The zero-order valence-electron chi connectivity index (χ0n) is 21.9. The average molecular weight is 513 g/mol. The highest BCUT2D eigenvalue weighted by Crippen LogP contribution is 2.30. The summed E-state index contributed by atoms with van der Waals surface area (Å²) in [4.78, 5) is 22.0. The molecule has 0 fully saturated rings. The van der Waals surface area contributed by atoms with E-state index in [0.29, 0.717) is 37.0 Å². The van der Waals surface area contributed by atoms with Crippen molar-refractivity contribution in [2.24, 2.45) is 0 Å². The van der Waals surface area contributed by atoms with Crippen molar-refractivity contribution in [2.45, 2.75) is 45.8 Å². The lowest BCUT2D eigenvalue weighted by atomic mass is 10.0. The number of carbonyl (C=O) groups excluding carboxylic acids is 1. The number of hydrogen-bond donors (Lipinski definition) is 3. The highest BCUT2D eigenvalue weighted by atomic mass is 16.5. The van der Waals surface area contributed by atoms with Crippen molar-refractivity contribution in [3.05, 3.63) is 72.2 Å². The molecule has 5 rings (SSSR count). The Kier molecular flexibility index (Phi) is 7.37. The molecule has 1 amide bonds. The Morgan fingerprint density at radius 2 is 1.95 bits per heavy atom. The van der Waals surface area contributed by atoms with Crippen molar-refractivity contribution in [3.63, 3.8) is 0 Å². The maximum Gasteiger partial charge on any atom is 0.258 e. The first-order valence-electron chi connectivity index (χ1n) is 12.8. The standard InChI is InChI=1S/C29H32N6O3/c1-4-29(2,3)35-26(36)18-38-23-7-5-6-20(14-23)27-33-25-12-13-37-17-24(25)28(34-27)32-22-10-8-19(9-11-22)21-15-30-31-16-21/h5-11,14-16H,4,12-13,17-18H2,1-3H3,(H,30,31)(H,35,36)(H,32,33,34). The highest BCUT2D eigenvalue weighted by molar-refractivity contribution is 5.78. The Bertz CT molecular complexity index is 1400. The molecule has 1 aliphatic heterocycles. The van der Waals surface area contributed by atoms with Gasteiger partial charge < -0.3 is 20.1 Å². The molecule has 0 radical (unpaired) electrons. The predicted octanol–water partition coefficient (Wildman–Crippen LogP) is 5.03. The molecule has 0 spiro atoms. The minimum atomic E-state index is -0.272. The molecule has 196 valence electrons. The lowest BCUT2D eigenvalue weighted by molar-refractivity contribution is -0.124. The number of aromatic nitrogens is 4. The number of amides is 1. The van der Waals surface area contributed by atoms with Crippen molar-refractivity contribution in [3.8, 4) is 28.3 Å². The molecule has 38 heavy (non-hydrogen) atoms. The molecule has 0 atom stereocenters. The van der Waals surface area contributed by atoms with Gasteiger partial charge in [-0.25, -0.2) is 9.97 Å². The molecule has 9 heteroatoms. The topological polar surface area (TPSA) is 114 Å². The summed E-state index contributed by atoms with van der Waals surface area (Å²) >= 11 is 0. The molecule has 2 aromatic carbocycles. The number of benzene rings is 2. The Balaban J connectivity index is 1.37. The van der Waals surface area contributed by atoms with Gasteiger partial charge in [-0.3, -0.25) is 9.89 Å². The maximum absolute atomic E-state index is 12.3. The second-order valence-corrected chi connectivity index (χ2v) is 9.92. The summed E-state index contributed by atoms with van der Waals surface area (Å²) < 4.78 is 11.5. The van der Waals surface area contributed by atoms with E-state index in [1.54, 1.807) is 6.20 Å². The molecule has 3 heterocycles. The van der Waals surface area contributed by atoms with Gasteiger partial charge in [0.2, 0.25) is 0 Å². The number of rotatable bonds is 9. The largest absolute Gasteiger partial charge is 0.484 e. The van der Waals surface area contributed by atoms with Gasteiger partial charge >= 0.3 is 0 Å². The first kappa shape index (κ1) is 25.4. The van der Waals surface area contributed by atoms with E-state index in [0.717, 1.165) is 40.1 Å². The molecule has 9 nitrogen and oxygen atoms in total. The van der Waals surface area contributed by atoms with Crippen molar-refractivity contribution in [1.29, 1.82) is 0 Å². The number of hydrogen-bond acceptors (Lipinski definition) is 7. The Morgan fingerprint density at radius 1 is 1.11 bits per heavy atom. The normalized spacial score (nSPS) is 13.0. The monoisotopic (exact) mass is 512 g/mol. The molecule has 4 aromatic rings. The van der Waals surface area contributed by atoms with Gasteiger partial charge in [-0.05, 0) is 50.1 Å². The van der Waals surface area contributed by atoms with E-state index in [1.165, 1.54) is 0 Å². The number of nitrogens with zero attached hydrogens (tertiary/aromatic N) is 3. The van der Waals surface area contributed by atoms with Crippen LogP contribution in [0.5, 0.6) is 5.75 Å². The maximum atomic E-state index is 12.3. The molecule has 0 saturated carbocycles. The Morgan fingerprint density at radius 3 is 2.71 bits per heavy atom. The molecule has 1 aliphatic rings. The lowest BCUT2D eigenvalue weighted by Crippen LogP contribution is -2.44. The van der Waals surface area contributed by atoms with Crippen LogP contribution in [-0.2, 0) is 22.6 Å². The first-order chi connectivity index (χ1) is 18.4. The van der Waals surface area contributed by atoms with Gasteiger partial charge in [-0.1, -0.05) is 31.2 Å². The summed E-state index contributed by atoms with van der Waals surface area (Å²) in [7, 11) is 0. The number of nitrogens with one attached hydrogen (secondary N) is 3. The number of aromatic amines is 1. The summed E-state index contributed by atoms with van der Waals surface area (Å²) in [6.45, 7) is 7.03. The first-order valence-corrected chi connectivity index (χ1v) is 12.8. The van der Waals surface area contributed by atoms with E-state index in [-0.39, 0.29) is 18.1 Å². The lowest BCUT2D eigenvalue weighted by Gasteiger charge is -2.24. The van der Waals surface area contributed by atoms with Crippen LogP contribution in [0.3, 0.4) is 0 Å². The van der Waals surface area contributed by atoms with Gasteiger partial charge in [0.25, 0.3) is 5.91 Å². The second kappa shape index (κ2) is 11.0. The summed E-state index contributed by atoms with van der Waals surface area (Å²) in [6.07, 6.45) is 5.20. The molecule has 3 N–H and O–H groups in total. The predicted molar refractivity (Wildman–Crippen MR) is 146 cm³/mol. The minimum absolute atomic E-state index is 0.0586. The van der Waals surface area contributed by atoms with Gasteiger partial charge in [0, 0.05) is 40.5 Å². The van der Waals surface area contributed by atoms with Crippen LogP contribution in [0.2, 0.25) is 0 Å². The van der Waals surface area contributed by atoms with Gasteiger partial charge in [0.15, 0.2) is 12.4 Å². The molecular formula is C29H32N6O3. The number of fused-ring (bicyclic) bond motifs is 1. The van der Waals surface area contributed by atoms with Crippen LogP contribution in [0.4, 0.5) is 11.5 Å². The fourth-order valence-electron chi connectivity index (χ4n) is 4.13. The fraction of sp³-hybridized carbons (Fsp3) is 0.310. The van der Waals surface area contributed by atoms with E-state index < -0.39 is 0 Å². The van der Waals surface area contributed by atoms with Crippen LogP contribution in [0, 0.1) is 0 Å². The van der Waals surface area contributed by atoms with Crippen LogP contribution in [-0.4, -0.2) is 44.8 Å². The second-order valence-electron chi connectivity index (χ2n) is 9.92. The summed E-state index contributed by atoms with van der Waals surface area (Å²) in [5.74, 6) is 1.73. The summed E-state index contributed by atoms with van der Waals surface area (Å²) in [6, 6.07) is 15.6. The molecular weight excluding hydrogens is 480 g/mol. The van der Waals surface area contributed by atoms with Crippen LogP contribution in [0.25, 0.3) is 22.5 Å². The smallest absolute Gasteiger partial charge is 0.258 e. The number of ether oxygens (including phenoxy) is 2. The van der Waals surface area contributed by atoms with Crippen LogP contribution in [0.1, 0.15) is 38.4 Å². The van der Waals surface area contributed by atoms with E-state index in [4.69, 9.17) is 19.4 Å². The van der Waals surface area contributed by atoms with E-state index in [1.807, 2.05) is 75.5 Å². The number of H-pyrrole nitrogens is 1. The summed E-state index contributed by atoms with van der Waals surface area (Å²) in [5, 5.41) is 13.3. The van der Waals surface area contributed by atoms with Gasteiger partial charge in [0.1, 0.15) is 11.6 Å². The minimum Gasteiger partial charge on any atom is -0.484 e.